The lowest BCUT2D eigenvalue weighted by Crippen LogP contribution is -2.30. The fourth-order valence-corrected chi connectivity index (χ4v) is 6.37. The van der Waals surface area contributed by atoms with Gasteiger partial charge in [-0.2, -0.15) is 5.10 Å². The van der Waals surface area contributed by atoms with Crippen molar-refractivity contribution in [2.45, 2.75) is 37.1 Å². The third-order valence-electron chi connectivity index (χ3n) is 8.23. The van der Waals surface area contributed by atoms with Crippen LogP contribution in [0, 0.1) is 0 Å². The first-order valence-electron chi connectivity index (χ1n) is 16.2. The molecule has 6 rings (SSSR count). The predicted octanol–water partition coefficient (Wildman–Crippen LogP) is 5.70. The number of nitrogens with zero attached hydrogens (tertiary/aromatic N) is 5. The molecule has 0 radical (unpaired) electrons. The molecular weight excluding hydrogens is 653 g/mol. The van der Waals surface area contributed by atoms with E-state index in [9.17, 15) is 9.59 Å². The SMILES string of the molecule is COc1ccc(C2=NN(C(=O)CSc3nnc(CNC(=O)COc4ccccc4)n3CCc3ccccc3)[C@H](c3ccc(OC)cc3)C2)cc1. The molecule has 0 spiro atoms. The number of benzene rings is 4. The van der Waals surface area contributed by atoms with Crippen LogP contribution in [0.4, 0.5) is 0 Å². The molecule has 1 N–H and O–H groups in total. The van der Waals surface area contributed by atoms with Gasteiger partial charge >= 0.3 is 0 Å². The number of hydrazone groups is 1. The Hall–Kier alpha value is -5.62. The summed E-state index contributed by atoms with van der Waals surface area (Å²) in [4.78, 5) is 26.5. The molecule has 1 atom stereocenters. The first-order valence-corrected chi connectivity index (χ1v) is 17.2. The number of aryl methyl sites for hydroxylation is 1. The van der Waals surface area contributed by atoms with Crippen LogP contribution in [-0.2, 0) is 29.1 Å². The van der Waals surface area contributed by atoms with E-state index in [0.29, 0.717) is 29.7 Å². The maximum Gasteiger partial charge on any atom is 0.258 e. The number of carbonyl (C=O) groups is 2. The third-order valence-corrected chi connectivity index (χ3v) is 9.18. The van der Waals surface area contributed by atoms with Gasteiger partial charge in [0.05, 0.1) is 38.3 Å². The molecule has 1 aromatic heterocycles. The number of hydrogen-bond acceptors (Lipinski definition) is 9. The van der Waals surface area contributed by atoms with E-state index in [1.807, 2.05) is 89.5 Å². The van der Waals surface area contributed by atoms with Gasteiger partial charge in [0, 0.05) is 13.0 Å². The first-order chi connectivity index (χ1) is 24.5. The zero-order valence-electron chi connectivity index (χ0n) is 27.9. The van der Waals surface area contributed by atoms with Gasteiger partial charge in [-0.1, -0.05) is 72.4 Å². The van der Waals surface area contributed by atoms with Crippen molar-refractivity contribution < 1.29 is 23.8 Å². The summed E-state index contributed by atoms with van der Waals surface area (Å²) in [6.07, 6.45) is 1.28. The van der Waals surface area contributed by atoms with E-state index >= 15 is 0 Å². The number of methoxy groups -OCH3 is 2. The molecule has 0 bridgehead atoms. The van der Waals surface area contributed by atoms with Gasteiger partial charge in [-0.25, -0.2) is 5.01 Å². The van der Waals surface area contributed by atoms with Crippen LogP contribution in [0.15, 0.2) is 119 Å². The Morgan fingerprint density at radius 3 is 2.16 bits per heavy atom. The molecule has 11 nitrogen and oxygen atoms in total. The average molecular weight is 691 g/mol. The molecule has 4 aromatic carbocycles. The summed E-state index contributed by atoms with van der Waals surface area (Å²) in [6, 6.07) is 34.4. The van der Waals surface area contributed by atoms with E-state index in [4.69, 9.17) is 19.3 Å². The van der Waals surface area contributed by atoms with Crippen LogP contribution < -0.4 is 19.5 Å². The Morgan fingerprint density at radius 1 is 0.820 bits per heavy atom. The monoisotopic (exact) mass is 690 g/mol. The van der Waals surface area contributed by atoms with E-state index in [1.165, 1.54) is 11.8 Å². The Bertz CT molecular complexity index is 1900. The fourth-order valence-electron chi connectivity index (χ4n) is 5.54. The summed E-state index contributed by atoms with van der Waals surface area (Å²) in [5.41, 5.74) is 3.84. The second-order valence-corrected chi connectivity index (χ2v) is 12.4. The molecule has 0 fully saturated rings. The lowest BCUT2D eigenvalue weighted by molar-refractivity contribution is -0.130. The third kappa shape index (κ3) is 8.69. The van der Waals surface area contributed by atoms with Crippen LogP contribution in [0.25, 0.3) is 0 Å². The molecule has 2 heterocycles. The smallest absolute Gasteiger partial charge is 0.258 e. The minimum Gasteiger partial charge on any atom is -0.497 e. The summed E-state index contributed by atoms with van der Waals surface area (Å²) < 4.78 is 18.2. The predicted molar refractivity (Wildman–Crippen MR) is 191 cm³/mol. The van der Waals surface area contributed by atoms with Gasteiger partial charge in [0.25, 0.3) is 11.8 Å². The standard InChI is InChI=1S/C38H38N6O5S/c1-47-30-17-13-28(14-18-30)33-23-34(29-15-19-31(48-2)20-16-29)44(42-33)37(46)26-50-38-41-40-35(43(38)22-21-27-9-5-3-6-10-27)24-39-36(45)25-49-32-11-7-4-8-12-32/h3-20,34H,21-26H2,1-2H3,(H,39,45)/t34-/m0/s1. The topological polar surface area (TPSA) is 120 Å². The van der Waals surface area contributed by atoms with Crippen molar-refractivity contribution in [3.63, 3.8) is 0 Å². The summed E-state index contributed by atoms with van der Waals surface area (Å²) in [5, 5.41) is 18.7. The second kappa shape index (κ2) is 16.7. The zero-order chi connectivity index (χ0) is 34.7. The van der Waals surface area contributed by atoms with Crippen molar-refractivity contribution in [3.05, 3.63) is 132 Å². The fraction of sp³-hybridized carbons (Fsp3) is 0.237. The second-order valence-electron chi connectivity index (χ2n) is 11.5. The highest BCUT2D eigenvalue weighted by Crippen LogP contribution is 2.35. The highest BCUT2D eigenvalue weighted by molar-refractivity contribution is 7.99. The number of ether oxygens (including phenoxy) is 3. The molecule has 0 aliphatic carbocycles. The van der Waals surface area contributed by atoms with Gasteiger partial charge in [0.1, 0.15) is 17.2 Å². The largest absolute Gasteiger partial charge is 0.497 e. The molecule has 0 saturated heterocycles. The number of amides is 2. The minimum absolute atomic E-state index is 0.0901. The number of aromatic nitrogens is 3. The number of para-hydroxylation sites is 1. The quantitative estimate of drug-likeness (QED) is 0.139. The van der Waals surface area contributed by atoms with Gasteiger partial charge in [0.15, 0.2) is 17.6 Å². The number of hydrogen-bond donors (Lipinski definition) is 1. The molecule has 0 saturated carbocycles. The molecule has 1 aliphatic heterocycles. The van der Waals surface area contributed by atoms with Crippen LogP contribution in [0.1, 0.15) is 35.0 Å². The number of nitrogens with one attached hydrogen (secondary N) is 1. The average Bonchev–Trinajstić information content (AvgIpc) is 3.80. The highest BCUT2D eigenvalue weighted by Gasteiger charge is 2.33. The lowest BCUT2D eigenvalue weighted by atomic mass is 9.98. The van der Waals surface area contributed by atoms with Gasteiger partial charge in [0.2, 0.25) is 0 Å². The molecule has 50 heavy (non-hydrogen) atoms. The number of carbonyl (C=O) groups excluding carboxylic acids is 2. The number of thioether (sulfide) groups is 1. The number of rotatable bonds is 15. The summed E-state index contributed by atoms with van der Waals surface area (Å²) >= 11 is 1.30. The van der Waals surface area contributed by atoms with E-state index < -0.39 is 0 Å². The van der Waals surface area contributed by atoms with Crippen LogP contribution >= 0.6 is 11.8 Å². The molecule has 1 aliphatic rings. The van der Waals surface area contributed by atoms with Gasteiger partial charge in [-0.3, -0.25) is 9.59 Å². The van der Waals surface area contributed by atoms with E-state index in [0.717, 1.165) is 40.3 Å². The Morgan fingerprint density at radius 2 is 1.48 bits per heavy atom. The minimum atomic E-state index is -0.286. The molecule has 256 valence electrons. The zero-order valence-corrected chi connectivity index (χ0v) is 28.7. The van der Waals surface area contributed by atoms with Crippen molar-refractivity contribution in [2.75, 3.05) is 26.6 Å². The van der Waals surface area contributed by atoms with Crippen molar-refractivity contribution in [1.82, 2.24) is 25.1 Å². The van der Waals surface area contributed by atoms with Crippen molar-refractivity contribution >= 4 is 29.3 Å². The molecule has 5 aromatic rings. The molecule has 2 amide bonds. The Kier molecular flexibility index (Phi) is 11.4. The van der Waals surface area contributed by atoms with Crippen LogP contribution in [0.3, 0.4) is 0 Å². The van der Waals surface area contributed by atoms with Crippen molar-refractivity contribution in [3.8, 4) is 17.2 Å². The Labute approximate surface area is 295 Å². The van der Waals surface area contributed by atoms with Crippen LogP contribution in [0.5, 0.6) is 17.2 Å². The van der Waals surface area contributed by atoms with Gasteiger partial charge < -0.3 is 24.1 Å². The molecule has 12 heteroatoms. The van der Waals surface area contributed by atoms with Gasteiger partial charge in [-0.15, -0.1) is 10.2 Å². The summed E-state index contributed by atoms with van der Waals surface area (Å²) in [5.74, 6) is 2.34. The Balaban J connectivity index is 1.17. The summed E-state index contributed by atoms with van der Waals surface area (Å²) in [6.45, 7) is 0.605. The van der Waals surface area contributed by atoms with E-state index in [2.05, 4.69) is 27.6 Å². The first kappa shape index (κ1) is 34.3. The highest BCUT2D eigenvalue weighted by atomic mass is 32.2. The van der Waals surface area contributed by atoms with Gasteiger partial charge in [-0.05, 0) is 71.6 Å². The van der Waals surface area contributed by atoms with Crippen LogP contribution in [-0.4, -0.2) is 63.9 Å². The maximum absolute atomic E-state index is 13.9. The lowest BCUT2D eigenvalue weighted by Gasteiger charge is -2.22. The van der Waals surface area contributed by atoms with Crippen molar-refractivity contribution in [2.24, 2.45) is 5.10 Å². The molecule has 0 unspecified atom stereocenters. The van der Waals surface area contributed by atoms with E-state index in [1.54, 1.807) is 31.4 Å². The normalized spacial score (nSPS) is 13.8. The molecular formula is C38H38N6O5S. The maximum atomic E-state index is 13.9. The van der Waals surface area contributed by atoms with Crippen molar-refractivity contribution in [1.29, 1.82) is 0 Å². The van der Waals surface area contributed by atoms with Crippen LogP contribution in [0.2, 0.25) is 0 Å². The summed E-state index contributed by atoms with van der Waals surface area (Å²) in [7, 11) is 3.25. The van der Waals surface area contributed by atoms with E-state index in [-0.39, 0.29) is 36.8 Å².